The van der Waals surface area contributed by atoms with Crippen LogP contribution in [0.4, 0.5) is 4.39 Å². The smallest absolute Gasteiger partial charge is 0.253 e. The average molecular weight is 360 g/mol. The van der Waals surface area contributed by atoms with Gasteiger partial charge in [0.2, 0.25) is 0 Å². The molecular weight excluding hydrogens is 345 g/mol. The number of carbonyl (C=O) groups excluding carboxylic acids is 1. The molecule has 0 aliphatic heterocycles. The number of nitrogens with zero attached hydrogens (tertiary/aromatic N) is 5. The Morgan fingerprint density at radius 2 is 2.12 bits per heavy atom. The van der Waals surface area contributed by atoms with Crippen molar-refractivity contribution in [3.05, 3.63) is 70.3 Å². The largest absolute Gasteiger partial charge is 0.337 e. The molecule has 128 valence electrons. The Hall–Kier alpha value is -2.80. The minimum absolute atomic E-state index is 0.0815. The molecule has 0 radical (unpaired) electrons. The van der Waals surface area contributed by atoms with Crippen LogP contribution in [-0.2, 0) is 6.54 Å². The Labute approximate surface area is 148 Å². The van der Waals surface area contributed by atoms with E-state index >= 15 is 0 Å². The summed E-state index contributed by atoms with van der Waals surface area (Å²) >= 11 is 6.03. The molecule has 0 aliphatic carbocycles. The molecule has 0 saturated carbocycles. The zero-order valence-corrected chi connectivity index (χ0v) is 14.4. The second kappa shape index (κ2) is 6.98. The Morgan fingerprint density at radius 1 is 1.32 bits per heavy atom. The van der Waals surface area contributed by atoms with E-state index in [1.54, 1.807) is 31.3 Å². The maximum Gasteiger partial charge on any atom is 0.253 e. The van der Waals surface area contributed by atoms with Crippen LogP contribution in [0.15, 0.2) is 42.7 Å². The van der Waals surface area contributed by atoms with Gasteiger partial charge < -0.3 is 4.90 Å². The second-order valence-electron chi connectivity index (χ2n) is 5.62. The van der Waals surface area contributed by atoms with Crippen molar-refractivity contribution in [3.8, 4) is 5.69 Å². The number of aromatic nitrogens is 4. The van der Waals surface area contributed by atoms with Crippen LogP contribution in [0, 0.1) is 12.7 Å². The molecule has 1 aromatic heterocycles. The average Bonchev–Trinajstić information content (AvgIpc) is 3.11. The van der Waals surface area contributed by atoms with Gasteiger partial charge in [0.25, 0.3) is 5.91 Å². The molecule has 0 spiro atoms. The van der Waals surface area contributed by atoms with Gasteiger partial charge in [-0.05, 0) is 53.2 Å². The molecule has 1 amide bonds. The first kappa shape index (κ1) is 17.0. The highest BCUT2D eigenvalue weighted by molar-refractivity contribution is 6.31. The van der Waals surface area contributed by atoms with E-state index in [0.717, 1.165) is 11.3 Å². The first-order valence-corrected chi connectivity index (χ1v) is 7.87. The van der Waals surface area contributed by atoms with Gasteiger partial charge in [-0.3, -0.25) is 4.79 Å². The summed E-state index contributed by atoms with van der Waals surface area (Å²) < 4.78 is 15.4. The lowest BCUT2D eigenvalue weighted by Gasteiger charge is -2.19. The summed E-state index contributed by atoms with van der Waals surface area (Å²) in [6, 6.07) is 9.66. The fourth-order valence-electron chi connectivity index (χ4n) is 2.53. The van der Waals surface area contributed by atoms with E-state index in [0.29, 0.717) is 16.1 Å². The molecule has 2 aromatic carbocycles. The SMILES string of the molecule is Cc1cc(C(=O)N(C)Cc2c(F)cccc2Cl)ccc1-n1cnnn1. The zero-order valence-electron chi connectivity index (χ0n) is 13.6. The van der Waals surface area contributed by atoms with Crippen molar-refractivity contribution < 1.29 is 9.18 Å². The number of amides is 1. The van der Waals surface area contributed by atoms with Gasteiger partial charge in [-0.1, -0.05) is 17.7 Å². The minimum atomic E-state index is -0.433. The first-order chi connectivity index (χ1) is 12.0. The molecule has 6 nitrogen and oxygen atoms in total. The molecule has 0 bridgehead atoms. The summed E-state index contributed by atoms with van der Waals surface area (Å²) in [5.41, 5.74) is 2.41. The fourth-order valence-corrected chi connectivity index (χ4v) is 2.75. The van der Waals surface area contributed by atoms with Crippen LogP contribution in [0.5, 0.6) is 0 Å². The van der Waals surface area contributed by atoms with E-state index in [1.165, 1.54) is 28.0 Å². The molecule has 0 fully saturated rings. The summed E-state index contributed by atoms with van der Waals surface area (Å²) in [6.45, 7) is 1.94. The Balaban J connectivity index is 1.82. The highest BCUT2D eigenvalue weighted by Crippen LogP contribution is 2.22. The number of hydrogen-bond donors (Lipinski definition) is 0. The Kier molecular flexibility index (Phi) is 4.76. The van der Waals surface area contributed by atoms with Crippen molar-refractivity contribution in [1.82, 2.24) is 25.1 Å². The molecule has 0 aliphatic rings. The maximum atomic E-state index is 13.9. The number of rotatable bonds is 4. The molecule has 0 atom stereocenters. The summed E-state index contributed by atoms with van der Waals surface area (Å²) in [7, 11) is 1.61. The zero-order chi connectivity index (χ0) is 18.0. The second-order valence-corrected chi connectivity index (χ2v) is 6.02. The van der Waals surface area contributed by atoms with Gasteiger partial charge in [-0.25, -0.2) is 9.07 Å². The van der Waals surface area contributed by atoms with Gasteiger partial charge in [0, 0.05) is 29.7 Å². The first-order valence-electron chi connectivity index (χ1n) is 7.49. The summed E-state index contributed by atoms with van der Waals surface area (Å²) in [5.74, 6) is -0.664. The van der Waals surface area contributed by atoms with Gasteiger partial charge in [-0.15, -0.1) is 5.10 Å². The third-order valence-corrected chi connectivity index (χ3v) is 4.20. The molecule has 8 heteroatoms. The molecule has 3 rings (SSSR count). The van der Waals surface area contributed by atoms with Gasteiger partial charge in [0.05, 0.1) is 5.69 Å². The monoisotopic (exact) mass is 359 g/mol. The molecule has 0 saturated heterocycles. The number of benzene rings is 2. The van der Waals surface area contributed by atoms with E-state index < -0.39 is 5.82 Å². The van der Waals surface area contributed by atoms with E-state index in [9.17, 15) is 9.18 Å². The summed E-state index contributed by atoms with van der Waals surface area (Å²) in [5, 5.41) is 11.3. The van der Waals surface area contributed by atoms with Crippen LogP contribution in [0.1, 0.15) is 21.5 Å². The molecule has 1 heterocycles. The predicted molar refractivity (Wildman–Crippen MR) is 91.1 cm³/mol. The van der Waals surface area contributed by atoms with E-state index in [-0.39, 0.29) is 12.5 Å². The fraction of sp³-hybridized carbons (Fsp3) is 0.176. The van der Waals surface area contributed by atoms with Crippen LogP contribution in [0.25, 0.3) is 5.69 Å². The summed E-state index contributed by atoms with van der Waals surface area (Å²) in [4.78, 5) is 14.1. The van der Waals surface area contributed by atoms with Crippen LogP contribution in [-0.4, -0.2) is 38.1 Å². The minimum Gasteiger partial charge on any atom is -0.337 e. The number of aryl methyl sites for hydroxylation is 1. The molecule has 3 aromatic rings. The predicted octanol–water partition coefficient (Wildman–Crippen LogP) is 3.04. The standard InChI is InChI=1S/C17H15ClFN5O/c1-11-8-12(6-7-16(11)24-10-20-21-22-24)17(25)23(2)9-13-14(18)4-3-5-15(13)19/h3-8,10H,9H2,1-2H3. The normalized spacial score (nSPS) is 10.7. The van der Waals surface area contributed by atoms with Gasteiger partial charge in [0.1, 0.15) is 12.1 Å². The maximum absolute atomic E-state index is 13.9. The van der Waals surface area contributed by atoms with Gasteiger partial charge >= 0.3 is 0 Å². The van der Waals surface area contributed by atoms with Crippen molar-refractivity contribution in [1.29, 1.82) is 0 Å². The van der Waals surface area contributed by atoms with Crippen LogP contribution < -0.4 is 0 Å². The number of carbonyl (C=O) groups is 1. The van der Waals surface area contributed by atoms with Crippen molar-refractivity contribution in [2.45, 2.75) is 13.5 Å². The lowest BCUT2D eigenvalue weighted by Crippen LogP contribution is -2.27. The quantitative estimate of drug-likeness (QED) is 0.718. The molecule has 0 unspecified atom stereocenters. The van der Waals surface area contributed by atoms with Gasteiger partial charge in [-0.2, -0.15) is 0 Å². The van der Waals surface area contributed by atoms with Crippen LogP contribution in [0.3, 0.4) is 0 Å². The highest BCUT2D eigenvalue weighted by atomic mass is 35.5. The van der Waals surface area contributed by atoms with Crippen molar-refractivity contribution in [2.75, 3.05) is 7.05 Å². The highest BCUT2D eigenvalue weighted by Gasteiger charge is 2.17. The third kappa shape index (κ3) is 3.51. The van der Waals surface area contributed by atoms with E-state index in [4.69, 9.17) is 11.6 Å². The molecule has 25 heavy (non-hydrogen) atoms. The van der Waals surface area contributed by atoms with Crippen molar-refractivity contribution in [2.24, 2.45) is 0 Å². The van der Waals surface area contributed by atoms with Crippen molar-refractivity contribution >= 4 is 17.5 Å². The molecular formula is C17H15ClFN5O. The van der Waals surface area contributed by atoms with Gasteiger partial charge in [0.15, 0.2) is 0 Å². The summed E-state index contributed by atoms with van der Waals surface area (Å²) in [6.07, 6.45) is 1.48. The van der Waals surface area contributed by atoms with E-state index in [2.05, 4.69) is 15.5 Å². The topological polar surface area (TPSA) is 63.9 Å². The lowest BCUT2D eigenvalue weighted by molar-refractivity contribution is 0.0784. The molecule has 0 N–H and O–H groups in total. The Bertz CT molecular complexity index is 893. The third-order valence-electron chi connectivity index (χ3n) is 3.84. The number of hydrogen-bond acceptors (Lipinski definition) is 4. The lowest BCUT2D eigenvalue weighted by atomic mass is 10.1. The van der Waals surface area contributed by atoms with Crippen molar-refractivity contribution in [3.63, 3.8) is 0 Å². The Morgan fingerprint density at radius 3 is 2.76 bits per heavy atom. The number of halogens is 2. The van der Waals surface area contributed by atoms with Crippen LogP contribution in [0.2, 0.25) is 5.02 Å². The number of tetrazole rings is 1. The van der Waals surface area contributed by atoms with E-state index in [1.807, 2.05) is 6.92 Å². The van der Waals surface area contributed by atoms with Crippen LogP contribution >= 0.6 is 11.6 Å².